The van der Waals surface area contributed by atoms with E-state index >= 15 is 0 Å². The molecule has 0 aliphatic heterocycles. The molecule has 0 aromatic heterocycles. The standard InChI is InChI=1S/C20H18Cl2N4O4/c21-13-7-14(22)9-16(8-13)24-18(27)11-30-17-4-2-1-3-12(17)10-23-26-20(29)19(28)25-15-5-6-15/h1-4,7-10,15H,5-6,11H2,(H,24,27)(H,25,28)(H,26,29)/b23-10-. The molecule has 0 spiro atoms. The van der Waals surface area contributed by atoms with Crippen molar-refractivity contribution in [3.63, 3.8) is 0 Å². The average Bonchev–Trinajstić information content (AvgIpc) is 3.50. The number of carbonyl (C=O) groups excluding carboxylic acids is 3. The summed E-state index contributed by atoms with van der Waals surface area (Å²) in [7, 11) is 0. The number of nitrogens with zero attached hydrogens (tertiary/aromatic N) is 1. The van der Waals surface area contributed by atoms with Crippen LogP contribution in [0.4, 0.5) is 5.69 Å². The monoisotopic (exact) mass is 448 g/mol. The molecule has 0 radical (unpaired) electrons. The van der Waals surface area contributed by atoms with Gasteiger partial charge in [0.05, 0.1) is 6.21 Å². The summed E-state index contributed by atoms with van der Waals surface area (Å²) in [6.45, 7) is -0.273. The van der Waals surface area contributed by atoms with Crippen LogP contribution in [0.15, 0.2) is 47.6 Å². The molecule has 1 fully saturated rings. The number of rotatable bonds is 7. The van der Waals surface area contributed by atoms with Crippen LogP contribution in [0.2, 0.25) is 10.0 Å². The first-order valence-electron chi connectivity index (χ1n) is 9.02. The van der Waals surface area contributed by atoms with Crippen molar-refractivity contribution in [2.45, 2.75) is 18.9 Å². The molecule has 0 atom stereocenters. The quantitative estimate of drug-likeness (QED) is 0.343. The van der Waals surface area contributed by atoms with Crippen molar-refractivity contribution in [2.24, 2.45) is 5.10 Å². The normalized spacial score (nSPS) is 13.0. The predicted octanol–water partition coefficient (Wildman–Crippen LogP) is 2.74. The highest BCUT2D eigenvalue weighted by Crippen LogP contribution is 2.22. The first kappa shape index (κ1) is 21.6. The zero-order valence-corrected chi connectivity index (χ0v) is 17.2. The first-order valence-corrected chi connectivity index (χ1v) is 9.78. The molecule has 1 saturated carbocycles. The molecule has 0 unspecified atom stereocenters. The largest absolute Gasteiger partial charge is 0.483 e. The molecule has 0 bridgehead atoms. The second-order valence-corrected chi connectivity index (χ2v) is 7.35. The lowest BCUT2D eigenvalue weighted by Crippen LogP contribution is -2.38. The van der Waals surface area contributed by atoms with E-state index in [9.17, 15) is 14.4 Å². The number of nitrogens with one attached hydrogen (secondary N) is 3. The third-order valence-electron chi connectivity index (χ3n) is 3.91. The molecule has 0 heterocycles. The molecule has 10 heteroatoms. The van der Waals surface area contributed by atoms with Crippen LogP contribution < -0.4 is 20.8 Å². The van der Waals surface area contributed by atoms with Gasteiger partial charge in [-0.05, 0) is 43.2 Å². The number of benzene rings is 2. The molecule has 0 saturated heterocycles. The highest BCUT2D eigenvalue weighted by Gasteiger charge is 2.26. The maximum atomic E-state index is 12.1. The Balaban J connectivity index is 1.53. The Bertz CT molecular complexity index is 972. The van der Waals surface area contributed by atoms with Crippen molar-refractivity contribution in [1.29, 1.82) is 0 Å². The first-order chi connectivity index (χ1) is 14.4. The molecule has 3 N–H and O–H groups in total. The van der Waals surface area contributed by atoms with E-state index in [0.717, 1.165) is 12.8 Å². The van der Waals surface area contributed by atoms with Crippen molar-refractivity contribution < 1.29 is 19.1 Å². The highest BCUT2D eigenvalue weighted by molar-refractivity contribution is 6.35. The molecule has 3 rings (SSSR count). The summed E-state index contributed by atoms with van der Waals surface area (Å²) in [5.74, 6) is -1.62. The maximum Gasteiger partial charge on any atom is 0.329 e. The van der Waals surface area contributed by atoms with E-state index in [-0.39, 0.29) is 12.6 Å². The highest BCUT2D eigenvalue weighted by atomic mass is 35.5. The SMILES string of the molecule is O=C(COc1ccccc1/C=N\NC(=O)C(=O)NC1CC1)Nc1cc(Cl)cc(Cl)c1. The fraction of sp³-hybridized carbons (Fsp3) is 0.200. The number of ether oxygens (including phenoxy) is 1. The van der Waals surface area contributed by atoms with Gasteiger partial charge in [-0.1, -0.05) is 35.3 Å². The minimum absolute atomic E-state index is 0.0791. The van der Waals surface area contributed by atoms with Crippen LogP contribution in [0, 0.1) is 0 Å². The fourth-order valence-corrected chi connectivity index (χ4v) is 2.90. The van der Waals surface area contributed by atoms with Crippen LogP contribution in [0.1, 0.15) is 18.4 Å². The molecule has 8 nitrogen and oxygen atoms in total. The fourth-order valence-electron chi connectivity index (χ4n) is 2.37. The number of carbonyl (C=O) groups is 3. The summed E-state index contributed by atoms with van der Waals surface area (Å²) in [5, 5.41) is 9.76. The van der Waals surface area contributed by atoms with Gasteiger partial charge in [0, 0.05) is 27.3 Å². The second-order valence-electron chi connectivity index (χ2n) is 6.48. The van der Waals surface area contributed by atoms with Crippen molar-refractivity contribution in [2.75, 3.05) is 11.9 Å². The summed E-state index contributed by atoms with van der Waals surface area (Å²) in [5.41, 5.74) is 3.12. The van der Waals surface area contributed by atoms with Crippen LogP contribution in [-0.2, 0) is 14.4 Å². The van der Waals surface area contributed by atoms with Gasteiger partial charge in [0.2, 0.25) is 0 Å². The zero-order valence-electron chi connectivity index (χ0n) is 15.7. The zero-order chi connectivity index (χ0) is 21.5. The van der Waals surface area contributed by atoms with Gasteiger partial charge in [0.25, 0.3) is 5.91 Å². The molecular formula is C20H18Cl2N4O4. The van der Waals surface area contributed by atoms with Gasteiger partial charge in [0.15, 0.2) is 6.61 Å². The predicted molar refractivity (Wildman–Crippen MR) is 114 cm³/mol. The Morgan fingerprint density at radius 2 is 1.77 bits per heavy atom. The van der Waals surface area contributed by atoms with Crippen LogP contribution in [0.5, 0.6) is 5.75 Å². The Kier molecular flexibility index (Phi) is 7.26. The van der Waals surface area contributed by atoms with Crippen LogP contribution >= 0.6 is 23.2 Å². The molecule has 2 aromatic rings. The third-order valence-corrected chi connectivity index (χ3v) is 4.35. The Hall–Kier alpha value is -3.10. The van der Waals surface area contributed by atoms with Gasteiger partial charge in [-0.3, -0.25) is 14.4 Å². The van der Waals surface area contributed by atoms with Gasteiger partial charge in [-0.15, -0.1) is 0 Å². The summed E-state index contributed by atoms with van der Waals surface area (Å²) in [6.07, 6.45) is 3.09. The maximum absolute atomic E-state index is 12.1. The number of anilines is 1. The van der Waals surface area contributed by atoms with Crippen molar-refractivity contribution in [3.8, 4) is 5.75 Å². The summed E-state index contributed by atoms with van der Waals surface area (Å²) < 4.78 is 5.54. The molecule has 1 aliphatic carbocycles. The molecule has 3 amide bonds. The van der Waals surface area contributed by atoms with Crippen molar-refractivity contribution in [3.05, 3.63) is 58.1 Å². The summed E-state index contributed by atoms with van der Waals surface area (Å²) in [4.78, 5) is 35.4. The number of hydrazone groups is 1. The minimum Gasteiger partial charge on any atom is -0.483 e. The number of amides is 3. The number of halogens is 2. The lowest BCUT2D eigenvalue weighted by atomic mass is 10.2. The van der Waals surface area contributed by atoms with E-state index in [4.69, 9.17) is 27.9 Å². The molecule has 1 aliphatic rings. The second kappa shape index (κ2) is 10.1. The Morgan fingerprint density at radius 3 is 2.47 bits per heavy atom. The number of para-hydroxylation sites is 1. The minimum atomic E-state index is -0.851. The van der Waals surface area contributed by atoms with Crippen LogP contribution in [0.3, 0.4) is 0 Å². The molecule has 2 aromatic carbocycles. The Morgan fingerprint density at radius 1 is 1.07 bits per heavy atom. The van der Waals surface area contributed by atoms with Crippen LogP contribution in [0.25, 0.3) is 0 Å². The van der Waals surface area contributed by atoms with Crippen molar-refractivity contribution in [1.82, 2.24) is 10.7 Å². The number of hydrogen-bond acceptors (Lipinski definition) is 5. The molecule has 30 heavy (non-hydrogen) atoms. The van der Waals surface area contributed by atoms with Gasteiger partial charge < -0.3 is 15.4 Å². The molecule has 156 valence electrons. The average molecular weight is 449 g/mol. The van der Waals surface area contributed by atoms with E-state index in [0.29, 0.717) is 27.0 Å². The molecular weight excluding hydrogens is 431 g/mol. The number of hydrogen-bond donors (Lipinski definition) is 3. The van der Waals surface area contributed by atoms with E-state index < -0.39 is 17.7 Å². The van der Waals surface area contributed by atoms with Gasteiger partial charge in [0.1, 0.15) is 5.75 Å². The van der Waals surface area contributed by atoms with Crippen molar-refractivity contribution >= 4 is 52.8 Å². The summed E-state index contributed by atoms with van der Waals surface area (Å²) in [6, 6.07) is 11.6. The van der Waals surface area contributed by atoms with Crippen LogP contribution in [-0.4, -0.2) is 36.6 Å². The lowest BCUT2D eigenvalue weighted by molar-refractivity contribution is -0.139. The van der Waals surface area contributed by atoms with E-state index in [1.807, 2.05) is 0 Å². The third kappa shape index (κ3) is 6.75. The van der Waals surface area contributed by atoms with E-state index in [1.165, 1.54) is 6.21 Å². The van der Waals surface area contributed by atoms with Gasteiger partial charge in [-0.25, -0.2) is 5.43 Å². The smallest absolute Gasteiger partial charge is 0.329 e. The van der Waals surface area contributed by atoms with Gasteiger partial charge in [-0.2, -0.15) is 5.10 Å². The van der Waals surface area contributed by atoms with E-state index in [2.05, 4.69) is 21.2 Å². The van der Waals surface area contributed by atoms with Gasteiger partial charge >= 0.3 is 11.8 Å². The lowest BCUT2D eigenvalue weighted by Gasteiger charge is -2.10. The van der Waals surface area contributed by atoms with E-state index in [1.54, 1.807) is 42.5 Å². The topological polar surface area (TPSA) is 109 Å². The Labute approximate surface area is 182 Å². The summed E-state index contributed by atoms with van der Waals surface area (Å²) >= 11 is 11.8.